The van der Waals surface area contributed by atoms with Crippen LogP contribution in [0.5, 0.6) is 5.75 Å². The van der Waals surface area contributed by atoms with Crippen molar-refractivity contribution in [2.24, 2.45) is 0 Å². The Balaban J connectivity index is 1.15. The number of hydrogen-bond acceptors (Lipinski definition) is 7. The highest BCUT2D eigenvalue weighted by molar-refractivity contribution is 6.05. The molecule has 9 nitrogen and oxygen atoms in total. The summed E-state index contributed by atoms with van der Waals surface area (Å²) in [5.74, 6) is -0.253. The van der Waals surface area contributed by atoms with Crippen LogP contribution in [-0.4, -0.2) is 84.9 Å². The van der Waals surface area contributed by atoms with Crippen LogP contribution >= 0.6 is 0 Å². The highest BCUT2D eigenvalue weighted by Crippen LogP contribution is 2.34. The van der Waals surface area contributed by atoms with Crippen molar-refractivity contribution < 1.29 is 23.9 Å². The number of morpholine rings is 1. The van der Waals surface area contributed by atoms with Crippen molar-refractivity contribution in [3.8, 4) is 5.75 Å². The molecule has 0 spiro atoms. The highest BCUT2D eigenvalue weighted by atomic mass is 16.5. The summed E-state index contributed by atoms with van der Waals surface area (Å²) in [7, 11) is 2.15. The lowest BCUT2D eigenvalue weighted by Gasteiger charge is -2.29. The van der Waals surface area contributed by atoms with E-state index in [-0.39, 0.29) is 18.2 Å². The van der Waals surface area contributed by atoms with Gasteiger partial charge in [0.1, 0.15) is 18.4 Å². The van der Waals surface area contributed by atoms with Crippen LogP contribution in [0.25, 0.3) is 0 Å². The smallest absolute Gasteiger partial charge is 0.255 e. The average molecular weight is 507 g/mol. The number of rotatable bonds is 9. The minimum absolute atomic E-state index is 0.197. The van der Waals surface area contributed by atoms with Gasteiger partial charge in [0.25, 0.3) is 5.91 Å². The van der Waals surface area contributed by atoms with E-state index in [4.69, 9.17) is 9.47 Å². The van der Waals surface area contributed by atoms with Crippen LogP contribution in [0.2, 0.25) is 0 Å². The van der Waals surface area contributed by atoms with E-state index >= 15 is 0 Å². The second-order valence-corrected chi connectivity index (χ2v) is 9.98. The number of benzene rings is 2. The van der Waals surface area contributed by atoms with Gasteiger partial charge in [0.05, 0.1) is 19.8 Å². The molecule has 2 fully saturated rings. The van der Waals surface area contributed by atoms with Gasteiger partial charge in [-0.15, -0.1) is 0 Å². The van der Waals surface area contributed by atoms with Crippen LogP contribution < -0.4 is 10.1 Å². The summed E-state index contributed by atoms with van der Waals surface area (Å²) in [6.45, 7) is 7.31. The predicted molar refractivity (Wildman–Crippen MR) is 137 cm³/mol. The number of likely N-dealkylation sites (N-methyl/N-ethyl adjacent to an activating group) is 1. The van der Waals surface area contributed by atoms with Crippen molar-refractivity contribution in [3.05, 3.63) is 64.7 Å². The summed E-state index contributed by atoms with van der Waals surface area (Å²) in [6.07, 6.45) is 0.578. The molecule has 0 radical (unpaired) electrons. The van der Waals surface area contributed by atoms with Gasteiger partial charge in [-0.2, -0.15) is 0 Å². The molecule has 1 unspecified atom stereocenters. The van der Waals surface area contributed by atoms with Gasteiger partial charge in [-0.3, -0.25) is 24.6 Å². The van der Waals surface area contributed by atoms with Crippen molar-refractivity contribution in [1.29, 1.82) is 0 Å². The molecule has 1 N–H and O–H groups in total. The van der Waals surface area contributed by atoms with Crippen molar-refractivity contribution in [3.63, 3.8) is 0 Å². The van der Waals surface area contributed by atoms with Crippen molar-refractivity contribution >= 4 is 17.7 Å². The first-order valence-corrected chi connectivity index (χ1v) is 12.9. The number of ether oxygens (including phenoxy) is 2. The Kier molecular flexibility index (Phi) is 7.83. The van der Waals surface area contributed by atoms with E-state index in [1.54, 1.807) is 17.0 Å². The average Bonchev–Trinajstić information content (AvgIpc) is 3.24. The maximum absolute atomic E-state index is 13.0. The molecule has 3 aliphatic rings. The van der Waals surface area contributed by atoms with E-state index in [0.29, 0.717) is 30.9 Å². The Morgan fingerprint density at radius 3 is 2.57 bits per heavy atom. The van der Waals surface area contributed by atoms with Crippen LogP contribution in [0.15, 0.2) is 42.5 Å². The van der Waals surface area contributed by atoms with Crippen LogP contribution in [0.1, 0.15) is 39.9 Å². The predicted octanol–water partition coefficient (Wildman–Crippen LogP) is 1.79. The van der Waals surface area contributed by atoms with Crippen molar-refractivity contribution in [2.75, 3.05) is 46.4 Å². The normalized spacial score (nSPS) is 20.3. The molecule has 0 aromatic heterocycles. The Morgan fingerprint density at radius 2 is 1.81 bits per heavy atom. The quantitative estimate of drug-likeness (QED) is 0.519. The maximum atomic E-state index is 13.0. The Labute approximate surface area is 217 Å². The summed E-state index contributed by atoms with van der Waals surface area (Å²) < 4.78 is 11.5. The number of fused-ring (bicyclic) bond motifs is 1. The third-order valence-electron chi connectivity index (χ3n) is 7.31. The van der Waals surface area contributed by atoms with Crippen LogP contribution in [0, 0.1) is 0 Å². The van der Waals surface area contributed by atoms with Gasteiger partial charge in [-0.05, 0) is 36.7 Å². The highest BCUT2D eigenvalue weighted by Gasteiger charge is 2.40. The van der Waals surface area contributed by atoms with Crippen LogP contribution in [0.4, 0.5) is 0 Å². The van der Waals surface area contributed by atoms with Gasteiger partial charge < -0.3 is 19.3 Å². The first kappa shape index (κ1) is 25.4. The molecule has 0 saturated carbocycles. The van der Waals surface area contributed by atoms with E-state index in [1.165, 1.54) is 5.56 Å². The number of carbonyl (C=O) groups is 3. The molecule has 3 heterocycles. The number of imide groups is 1. The standard InChI is InChI=1S/C28H34N4O5/c1-30(11-12-31-13-15-36-16-14-31)17-20-5-7-21(8-6-20)19-37-25-4-2-3-22-23(25)18-32(28(22)35)24-9-10-26(33)29-27(24)34/h2-8,24H,9-19H2,1H3,(H,29,33,34). The van der Waals surface area contributed by atoms with Crippen molar-refractivity contribution in [1.82, 2.24) is 20.0 Å². The minimum Gasteiger partial charge on any atom is -0.489 e. The Bertz CT molecular complexity index is 1150. The topological polar surface area (TPSA) is 91.4 Å². The second-order valence-electron chi connectivity index (χ2n) is 9.98. The SMILES string of the molecule is CN(CCN1CCOCC1)Cc1ccc(COc2cccc3c2CN(C2CCC(=O)NC2=O)C3=O)cc1. The molecule has 196 valence electrons. The molecule has 1 atom stereocenters. The molecule has 0 bridgehead atoms. The van der Waals surface area contributed by atoms with Gasteiger partial charge in [0.15, 0.2) is 0 Å². The van der Waals surface area contributed by atoms with E-state index in [1.807, 2.05) is 6.07 Å². The van der Waals surface area contributed by atoms with E-state index in [9.17, 15) is 14.4 Å². The van der Waals surface area contributed by atoms with Gasteiger partial charge in [0.2, 0.25) is 11.8 Å². The zero-order chi connectivity index (χ0) is 25.8. The molecule has 5 rings (SSSR count). The molecular formula is C28H34N4O5. The van der Waals surface area contributed by atoms with Crippen LogP contribution in [0.3, 0.4) is 0 Å². The number of nitrogens with zero attached hydrogens (tertiary/aromatic N) is 3. The fourth-order valence-corrected chi connectivity index (χ4v) is 5.12. The molecule has 2 aromatic rings. The number of carbonyl (C=O) groups excluding carboxylic acids is 3. The number of piperidine rings is 1. The monoisotopic (exact) mass is 506 g/mol. The fraction of sp³-hybridized carbons (Fsp3) is 0.464. The summed E-state index contributed by atoms with van der Waals surface area (Å²) in [4.78, 5) is 43.2. The Hall–Kier alpha value is -3.27. The molecule has 9 heteroatoms. The third kappa shape index (κ3) is 6.01. The molecule has 3 amide bonds. The van der Waals surface area contributed by atoms with E-state index in [2.05, 4.69) is 46.4 Å². The lowest BCUT2D eigenvalue weighted by Crippen LogP contribution is -2.52. The lowest BCUT2D eigenvalue weighted by atomic mass is 10.0. The van der Waals surface area contributed by atoms with Gasteiger partial charge in [-0.25, -0.2) is 0 Å². The molecule has 2 saturated heterocycles. The summed E-state index contributed by atoms with van der Waals surface area (Å²) in [5.41, 5.74) is 3.64. The fourth-order valence-electron chi connectivity index (χ4n) is 5.12. The lowest BCUT2D eigenvalue weighted by molar-refractivity contribution is -0.136. The van der Waals surface area contributed by atoms with Crippen LogP contribution in [-0.2, 0) is 34.0 Å². The molecule has 0 aliphatic carbocycles. The molecule has 2 aromatic carbocycles. The van der Waals surface area contributed by atoms with Crippen molar-refractivity contribution in [2.45, 2.75) is 38.6 Å². The minimum atomic E-state index is -0.634. The largest absolute Gasteiger partial charge is 0.489 e. The maximum Gasteiger partial charge on any atom is 0.255 e. The van der Waals surface area contributed by atoms with Gasteiger partial charge in [-0.1, -0.05) is 30.3 Å². The van der Waals surface area contributed by atoms with E-state index in [0.717, 1.165) is 57.1 Å². The molecular weight excluding hydrogens is 472 g/mol. The zero-order valence-corrected chi connectivity index (χ0v) is 21.3. The zero-order valence-electron chi connectivity index (χ0n) is 21.3. The first-order chi connectivity index (χ1) is 18.0. The summed E-state index contributed by atoms with van der Waals surface area (Å²) in [6, 6.07) is 13.2. The molecule has 37 heavy (non-hydrogen) atoms. The number of nitrogens with one attached hydrogen (secondary N) is 1. The summed E-state index contributed by atoms with van der Waals surface area (Å²) >= 11 is 0. The number of hydrogen-bond donors (Lipinski definition) is 1. The van der Waals surface area contributed by atoms with Gasteiger partial charge >= 0.3 is 0 Å². The first-order valence-electron chi connectivity index (χ1n) is 12.9. The van der Waals surface area contributed by atoms with E-state index < -0.39 is 11.9 Å². The second kappa shape index (κ2) is 11.4. The Morgan fingerprint density at radius 1 is 1.05 bits per heavy atom. The third-order valence-corrected chi connectivity index (χ3v) is 7.31. The molecule has 3 aliphatic heterocycles. The van der Waals surface area contributed by atoms with Gasteiger partial charge in [0, 0.05) is 50.3 Å². The summed E-state index contributed by atoms with van der Waals surface area (Å²) in [5, 5.41) is 2.34. The number of amides is 3.